The normalized spacial score (nSPS) is 24.1. The topological polar surface area (TPSA) is 52.6 Å². The Kier molecular flexibility index (Phi) is 5.52. The van der Waals surface area contributed by atoms with Crippen molar-refractivity contribution in [2.75, 3.05) is 32.2 Å². The third-order valence-corrected chi connectivity index (χ3v) is 5.62. The van der Waals surface area contributed by atoms with Crippen molar-refractivity contribution < 1.29 is 17.9 Å². The third kappa shape index (κ3) is 5.21. The van der Waals surface area contributed by atoms with E-state index in [9.17, 15) is 8.42 Å². The van der Waals surface area contributed by atoms with E-state index in [1.54, 1.807) is 0 Å². The van der Waals surface area contributed by atoms with Gasteiger partial charge >= 0.3 is 0 Å². The molecular formula is C13H23ClO4S. The Morgan fingerprint density at radius 1 is 1.26 bits per heavy atom. The summed E-state index contributed by atoms with van der Waals surface area (Å²) < 4.78 is 33.8. The summed E-state index contributed by atoms with van der Waals surface area (Å²) >= 11 is 0. The minimum atomic E-state index is -3.49. The van der Waals surface area contributed by atoms with Crippen molar-refractivity contribution in [2.45, 2.75) is 38.5 Å². The van der Waals surface area contributed by atoms with E-state index in [1.165, 1.54) is 19.3 Å². The first-order chi connectivity index (χ1) is 8.99. The van der Waals surface area contributed by atoms with Crippen LogP contribution in [0.3, 0.4) is 0 Å². The maximum absolute atomic E-state index is 11.4. The maximum Gasteiger partial charge on any atom is 0.233 e. The minimum absolute atomic E-state index is 0.00561. The van der Waals surface area contributed by atoms with Crippen LogP contribution >= 0.6 is 10.7 Å². The molecule has 0 aromatic rings. The van der Waals surface area contributed by atoms with E-state index in [0.29, 0.717) is 32.7 Å². The number of hydrogen-bond donors (Lipinski definition) is 0. The minimum Gasteiger partial charge on any atom is -0.381 e. The predicted molar refractivity (Wildman–Crippen MR) is 74.9 cm³/mol. The van der Waals surface area contributed by atoms with Gasteiger partial charge in [-0.3, -0.25) is 0 Å². The monoisotopic (exact) mass is 310 g/mol. The van der Waals surface area contributed by atoms with Crippen molar-refractivity contribution in [2.24, 2.45) is 11.3 Å². The highest BCUT2D eigenvalue weighted by Gasteiger charge is 2.37. The molecule has 112 valence electrons. The zero-order valence-electron chi connectivity index (χ0n) is 11.3. The molecule has 2 rings (SSSR count). The van der Waals surface area contributed by atoms with Crippen LogP contribution in [0.5, 0.6) is 0 Å². The first-order valence-electron chi connectivity index (χ1n) is 7.07. The summed E-state index contributed by atoms with van der Waals surface area (Å²) in [5.41, 5.74) is -0.349. The smallest absolute Gasteiger partial charge is 0.233 e. The lowest BCUT2D eigenvalue weighted by molar-refractivity contribution is -0.0313. The summed E-state index contributed by atoms with van der Waals surface area (Å²) in [6, 6.07) is 0. The zero-order chi connectivity index (χ0) is 13.8. The molecule has 1 aliphatic carbocycles. The average molecular weight is 311 g/mol. The molecule has 0 bridgehead atoms. The van der Waals surface area contributed by atoms with Gasteiger partial charge in [0.15, 0.2) is 0 Å². The lowest BCUT2D eigenvalue weighted by Gasteiger charge is -2.36. The van der Waals surface area contributed by atoms with E-state index in [-0.39, 0.29) is 11.2 Å². The van der Waals surface area contributed by atoms with Gasteiger partial charge < -0.3 is 9.47 Å². The molecule has 0 unspecified atom stereocenters. The number of rotatable bonds is 7. The van der Waals surface area contributed by atoms with Gasteiger partial charge in [0.2, 0.25) is 9.05 Å². The van der Waals surface area contributed by atoms with Crippen LogP contribution in [0.2, 0.25) is 0 Å². The Hall–Kier alpha value is 0.160. The summed E-state index contributed by atoms with van der Waals surface area (Å²) in [5.74, 6) is 0.816. The lowest BCUT2D eigenvalue weighted by atomic mass is 9.82. The van der Waals surface area contributed by atoms with Crippen LogP contribution in [0, 0.1) is 11.3 Å². The van der Waals surface area contributed by atoms with Crippen LogP contribution in [0.4, 0.5) is 0 Å². The van der Waals surface area contributed by atoms with Gasteiger partial charge in [-0.1, -0.05) is 19.3 Å². The quantitative estimate of drug-likeness (QED) is 0.536. The maximum atomic E-state index is 11.4. The molecule has 1 saturated carbocycles. The Morgan fingerprint density at radius 2 is 1.95 bits per heavy atom. The summed E-state index contributed by atoms with van der Waals surface area (Å²) in [6.07, 6.45) is 6.50. The highest BCUT2D eigenvalue weighted by Crippen LogP contribution is 2.34. The largest absolute Gasteiger partial charge is 0.381 e. The van der Waals surface area contributed by atoms with Crippen molar-refractivity contribution in [3.05, 3.63) is 0 Å². The fourth-order valence-electron chi connectivity index (χ4n) is 2.82. The first-order valence-corrected chi connectivity index (χ1v) is 9.55. The van der Waals surface area contributed by atoms with Gasteiger partial charge in [0.1, 0.15) is 0 Å². The standard InChI is InChI=1S/C13H23ClO4S/c14-19(15,16)11-13(5-8-17-9-6-13)10-18-7-4-12-2-1-3-12/h12H,1-11H2. The number of halogens is 1. The van der Waals surface area contributed by atoms with E-state index >= 15 is 0 Å². The van der Waals surface area contributed by atoms with Crippen LogP contribution in [-0.2, 0) is 18.5 Å². The van der Waals surface area contributed by atoms with Crippen molar-refractivity contribution in [3.63, 3.8) is 0 Å². The average Bonchev–Trinajstić information content (AvgIpc) is 2.25. The van der Waals surface area contributed by atoms with Crippen molar-refractivity contribution in [1.82, 2.24) is 0 Å². The van der Waals surface area contributed by atoms with Gasteiger partial charge in [-0.05, 0) is 25.2 Å². The second-order valence-electron chi connectivity index (χ2n) is 5.93. The summed E-state index contributed by atoms with van der Waals surface area (Å²) in [4.78, 5) is 0. The van der Waals surface area contributed by atoms with Crippen LogP contribution < -0.4 is 0 Å². The van der Waals surface area contributed by atoms with Crippen LogP contribution in [0.25, 0.3) is 0 Å². The molecule has 6 heteroatoms. The Morgan fingerprint density at radius 3 is 2.47 bits per heavy atom. The van der Waals surface area contributed by atoms with Crippen LogP contribution in [-0.4, -0.2) is 40.6 Å². The van der Waals surface area contributed by atoms with Gasteiger partial charge in [0.05, 0.1) is 12.4 Å². The molecule has 0 aromatic carbocycles. The molecule has 2 aliphatic rings. The summed E-state index contributed by atoms with van der Waals surface area (Å²) in [7, 11) is 1.93. The molecule has 1 saturated heterocycles. The SMILES string of the molecule is O=S(=O)(Cl)CC1(COCCC2CCC2)CCOCC1. The van der Waals surface area contributed by atoms with Crippen LogP contribution in [0.1, 0.15) is 38.5 Å². The molecule has 4 nitrogen and oxygen atoms in total. The van der Waals surface area contributed by atoms with Gasteiger partial charge in [0, 0.05) is 35.9 Å². The molecule has 0 aromatic heterocycles. The fourth-order valence-corrected chi connectivity index (χ4v) is 4.62. The molecule has 0 spiro atoms. The molecule has 0 amide bonds. The Balaban J connectivity index is 1.79. The highest BCUT2D eigenvalue weighted by molar-refractivity contribution is 8.13. The van der Waals surface area contributed by atoms with Gasteiger partial charge in [0.25, 0.3) is 0 Å². The second kappa shape index (κ2) is 6.74. The molecule has 0 N–H and O–H groups in total. The lowest BCUT2D eigenvalue weighted by Crippen LogP contribution is -2.39. The van der Waals surface area contributed by atoms with Gasteiger partial charge in [-0.25, -0.2) is 8.42 Å². The summed E-state index contributed by atoms with van der Waals surface area (Å²) in [6.45, 7) is 2.40. The van der Waals surface area contributed by atoms with E-state index in [0.717, 1.165) is 18.9 Å². The molecule has 0 atom stereocenters. The molecule has 2 fully saturated rings. The zero-order valence-corrected chi connectivity index (χ0v) is 12.8. The van der Waals surface area contributed by atoms with Gasteiger partial charge in [-0.2, -0.15) is 0 Å². The molecular weight excluding hydrogens is 288 g/mol. The molecule has 0 radical (unpaired) electrons. The Bertz CT molecular complexity index is 372. The molecule has 1 heterocycles. The van der Waals surface area contributed by atoms with E-state index < -0.39 is 9.05 Å². The summed E-state index contributed by atoms with van der Waals surface area (Å²) in [5, 5.41) is 0. The predicted octanol–water partition coefficient (Wildman–Crippen LogP) is 2.56. The Labute approximate surface area is 120 Å². The second-order valence-corrected chi connectivity index (χ2v) is 8.71. The van der Waals surface area contributed by atoms with Crippen molar-refractivity contribution in [1.29, 1.82) is 0 Å². The van der Waals surface area contributed by atoms with Gasteiger partial charge in [-0.15, -0.1) is 0 Å². The van der Waals surface area contributed by atoms with E-state index in [4.69, 9.17) is 20.2 Å². The van der Waals surface area contributed by atoms with E-state index in [1.807, 2.05) is 0 Å². The number of hydrogen-bond acceptors (Lipinski definition) is 4. The highest BCUT2D eigenvalue weighted by atomic mass is 35.7. The third-order valence-electron chi connectivity index (χ3n) is 4.34. The van der Waals surface area contributed by atoms with Crippen molar-refractivity contribution in [3.8, 4) is 0 Å². The van der Waals surface area contributed by atoms with Crippen molar-refractivity contribution >= 4 is 19.7 Å². The van der Waals surface area contributed by atoms with Crippen LogP contribution in [0.15, 0.2) is 0 Å². The van der Waals surface area contributed by atoms with E-state index in [2.05, 4.69) is 0 Å². The molecule has 19 heavy (non-hydrogen) atoms. The number of ether oxygens (including phenoxy) is 2. The fraction of sp³-hybridized carbons (Fsp3) is 1.00. The first kappa shape index (κ1) is 15.5. The molecule has 1 aliphatic heterocycles.